The van der Waals surface area contributed by atoms with E-state index in [-0.39, 0.29) is 30.2 Å². The Hall–Kier alpha value is -4.25. The van der Waals surface area contributed by atoms with Gasteiger partial charge in [0.1, 0.15) is 18.2 Å². The van der Waals surface area contributed by atoms with Gasteiger partial charge in [0.2, 0.25) is 17.8 Å². The topological polar surface area (TPSA) is 112 Å². The van der Waals surface area contributed by atoms with E-state index in [1.165, 1.54) is 13.5 Å². The summed E-state index contributed by atoms with van der Waals surface area (Å²) >= 11 is 5.81. The van der Waals surface area contributed by atoms with Crippen LogP contribution in [0.1, 0.15) is 19.3 Å². The molecule has 11 nitrogen and oxygen atoms in total. The molecule has 0 bridgehead atoms. The highest BCUT2D eigenvalue weighted by atomic mass is 35.5. The van der Waals surface area contributed by atoms with Crippen LogP contribution >= 0.6 is 11.6 Å². The van der Waals surface area contributed by atoms with E-state index in [2.05, 4.69) is 20.5 Å². The number of rotatable bonds is 8. The number of nitrogens with zero attached hydrogens (tertiary/aromatic N) is 5. The first-order chi connectivity index (χ1) is 19.4. The van der Waals surface area contributed by atoms with Gasteiger partial charge < -0.3 is 34.8 Å². The van der Waals surface area contributed by atoms with Gasteiger partial charge in [0.25, 0.3) is 0 Å². The van der Waals surface area contributed by atoms with E-state index in [0.717, 1.165) is 43.0 Å². The normalized spacial score (nSPS) is 15.0. The van der Waals surface area contributed by atoms with E-state index in [4.69, 9.17) is 26.1 Å². The van der Waals surface area contributed by atoms with Gasteiger partial charge >= 0.3 is 0 Å². The Kier molecular flexibility index (Phi) is 8.11. The Morgan fingerprint density at radius 1 is 1.00 bits per heavy atom. The third kappa shape index (κ3) is 5.42. The van der Waals surface area contributed by atoms with Gasteiger partial charge in [0.05, 0.1) is 48.9 Å². The zero-order chi connectivity index (χ0) is 28.2. The number of benzene rings is 2. The Morgan fingerprint density at radius 3 is 2.42 bits per heavy atom. The Labute approximate surface area is 238 Å². The lowest BCUT2D eigenvalue weighted by atomic mass is 10.1. The quantitative estimate of drug-likeness (QED) is 0.381. The van der Waals surface area contributed by atoms with Gasteiger partial charge in [0.15, 0.2) is 11.6 Å². The Balaban J connectivity index is 1.54. The molecule has 2 amide bonds. The number of aromatic nitrogens is 2. The van der Waals surface area contributed by atoms with Crippen molar-refractivity contribution in [2.45, 2.75) is 19.3 Å². The number of piperidine rings is 1. The van der Waals surface area contributed by atoms with Gasteiger partial charge in [-0.05, 0) is 37.5 Å². The van der Waals surface area contributed by atoms with Crippen molar-refractivity contribution in [3.63, 3.8) is 0 Å². The molecule has 2 aromatic carbocycles. The number of fused-ring (bicyclic) bond motifs is 1. The van der Waals surface area contributed by atoms with Gasteiger partial charge in [-0.25, -0.2) is 4.98 Å². The van der Waals surface area contributed by atoms with Crippen LogP contribution in [0.25, 0.3) is 0 Å². The highest BCUT2D eigenvalue weighted by Crippen LogP contribution is 2.42. The second-order valence-electron chi connectivity index (χ2n) is 9.54. The fourth-order valence-electron chi connectivity index (χ4n) is 5.02. The SMILES string of the molecule is COc1cc(N2CCCCC2)c(NC(=O)CCl)cc1Nc1ncc(OC)c(N2CC(=O)N(C)c3ccccc32)n1. The van der Waals surface area contributed by atoms with Crippen LogP contribution in [-0.4, -0.2) is 68.6 Å². The molecule has 210 valence electrons. The van der Waals surface area contributed by atoms with Gasteiger partial charge in [-0.1, -0.05) is 12.1 Å². The van der Waals surface area contributed by atoms with E-state index < -0.39 is 0 Å². The molecule has 0 aliphatic carbocycles. The number of hydrogen-bond donors (Lipinski definition) is 2. The maximum atomic E-state index is 12.8. The molecule has 0 radical (unpaired) electrons. The first-order valence-electron chi connectivity index (χ1n) is 13.1. The summed E-state index contributed by atoms with van der Waals surface area (Å²) in [6, 6.07) is 11.3. The lowest BCUT2D eigenvalue weighted by molar-refractivity contribution is -0.117. The molecule has 3 aromatic rings. The van der Waals surface area contributed by atoms with E-state index in [0.29, 0.717) is 28.7 Å². The standard InChI is InChI=1S/C28H32ClN7O4/c1-34-20-9-5-6-10-21(20)36(17-26(34)38)27-24(40-3)16-30-28(33-27)32-19-13-18(31-25(37)15-29)22(14-23(19)39-2)35-11-7-4-8-12-35/h5-6,9-10,13-14,16H,4,7-8,11-12,15,17H2,1-3H3,(H,31,37)(H,30,32,33). The second kappa shape index (κ2) is 11.9. The van der Waals surface area contributed by atoms with Crippen molar-refractivity contribution in [2.75, 3.05) is 72.1 Å². The number of carbonyl (C=O) groups excluding carboxylic acids is 2. The number of amides is 2. The fraction of sp³-hybridized carbons (Fsp3) is 0.357. The molecule has 1 aromatic heterocycles. The molecule has 0 atom stereocenters. The third-order valence-corrected chi connectivity index (χ3v) is 7.31. The molecule has 5 rings (SSSR count). The molecule has 0 saturated carbocycles. The second-order valence-corrected chi connectivity index (χ2v) is 9.80. The summed E-state index contributed by atoms with van der Waals surface area (Å²) in [4.78, 5) is 40.0. The van der Waals surface area contributed by atoms with Crippen molar-refractivity contribution in [3.05, 3.63) is 42.6 Å². The lowest BCUT2D eigenvalue weighted by Crippen LogP contribution is -2.42. The zero-order valence-corrected chi connectivity index (χ0v) is 23.5. The maximum absolute atomic E-state index is 12.8. The number of likely N-dealkylation sites (N-methyl/N-ethyl adjacent to an activating group) is 1. The van der Waals surface area contributed by atoms with Crippen LogP contribution in [0.3, 0.4) is 0 Å². The minimum Gasteiger partial charge on any atom is -0.494 e. The fourth-order valence-corrected chi connectivity index (χ4v) is 5.09. The van der Waals surface area contributed by atoms with Crippen LogP contribution in [0.2, 0.25) is 0 Å². The van der Waals surface area contributed by atoms with E-state index in [9.17, 15) is 9.59 Å². The predicted octanol–water partition coefficient (Wildman–Crippen LogP) is 4.52. The number of halogens is 1. The molecule has 0 spiro atoms. The number of carbonyl (C=O) groups is 2. The van der Waals surface area contributed by atoms with Crippen molar-refractivity contribution in [2.24, 2.45) is 0 Å². The summed E-state index contributed by atoms with van der Waals surface area (Å²) in [6.07, 6.45) is 4.88. The highest BCUT2D eigenvalue weighted by molar-refractivity contribution is 6.29. The highest BCUT2D eigenvalue weighted by Gasteiger charge is 2.30. The van der Waals surface area contributed by atoms with Crippen LogP contribution in [0.5, 0.6) is 11.5 Å². The molecule has 1 saturated heterocycles. The first-order valence-corrected chi connectivity index (χ1v) is 13.6. The summed E-state index contributed by atoms with van der Waals surface area (Å²) in [5.41, 5.74) is 3.62. The Morgan fingerprint density at radius 2 is 1.73 bits per heavy atom. The molecule has 1 fully saturated rings. The molecule has 3 heterocycles. The van der Waals surface area contributed by atoms with E-state index >= 15 is 0 Å². The van der Waals surface area contributed by atoms with Crippen LogP contribution < -0.4 is 34.8 Å². The molecule has 2 aliphatic rings. The molecule has 12 heteroatoms. The maximum Gasteiger partial charge on any atom is 0.246 e. The summed E-state index contributed by atoms with van der Waals surface area (Å²) in [5, 5.41) is 6.15. The van der Waals surface area contributed by atoms with Crippen molar-refractivity contribution < 1.29 is 19.1 Å². The zero-order valence-electron chi connectivity index (χ0n) is 22.7. The first kappa shape index (κ1) is 27.3. The van der Waals surface area contributed by atoms with Gasteiger partial charge in [0, 0.05) is 26.2 Å². The van der Waals surface area contributed by atoms with Crippen molar-refractivity contribution in [1.29, 1.82) is 0 Å². The molecular formula is C28H32ClN7O4. The molecule has 2 N–H and O–H groups in total. The van der Waals surface area contributed by atoms with Crippen molar-refractivity contribution in [1.82, 2.24) is 9.97 Å². The number of nitrogens with one attached hydrogen (secondary N) is 2. The van der Waals surface area contributed by atoms with Crippen molar-refractivity contribution in [3.8, 4) is 11.5 Å². The molecular weight excluding hydrogens is 534 g/mol. The number of ether oxygens (including phenoxy) is 2. The largest absolute Gasteiger partial charge is 0.494 e. The van der Waals surface area contributed by atoms with Crippen LogP contribution in [-0.2, 0) is 9.59 Å². The van der Waals surface area contributed by atoms with Crippen LogP contribution in [0.15, 0.2) is 42.6 Å². The van der Waals surface area contributed by atoms with E-state index in [1.54, 1.807) is 31.3 Å². The minimum absolute atomic E-state index is 0.0801. The molecule has 0 unspecified atom stereocenters. The Bertz CT molecular complexity index is 1410. The number of methoxy groups -OCH3 is 2. The third-order valence-electron chi connectivity index (χ3n) is 7.07. The number of hydrogen-bond acceptors (Lipinski definition) is 9. The smallest absolute Gasteiger partial charge is 0.246 e. The average Bonchev–Trinajstić information content (AvgIpc) is 2.99. The lowest BCUT2D eigenvalue weighted by Gasteiger charge is -2.35. The van der Waals surface area contributed by atoms with E-state index in [1.807, 2.05) is 35.2 Å². The van der Waals surface area contributed by atoms with Gasteiger partial charge in [-0.3, -0.25) is 9.59 Å². The average molecular weight is 566 g/mol. The van der Waals surface area contributed by atoms with Gasteiger partial charge in [-0.15, -0.1) is 11.6 Å². The summed E-state index contributed by atoms with van der Waals surface area (Å²) in [6.45, 7) is 1.86. The number of alkyl halides is 1. The number of anilines is 7. The van der Waals surface area contributed by atoms with Crippen LogP contribution in [0.4, 0.5) is 40.2 Å². The summed E-state index contributed by atoms with van der Waals surface area (Å²) < 4.78 is 11.3. The van der Waals surface area contributed by atoms with Crippen LogP contribution in [0, 0.1) is 0 Å². The monoisotopic (exact) mass is 565 g/mol. The molecule has 40 heavy (non-hydrogen) atoms. The predicted molar refractivity (Wildman–Crippen MR) is 157 cm³/mol. The summed E-state index contributed by atoms with van der Waals surface area (Å²) in [7, 11) is 4.88. The minimum atomic E-state index is -0.308. The van der Waals surface area contributed by atoms with Gasteiger partial charge in [-0.2, -0.15) is 4.98 Å². The number of para-hydroxylation sites is 2. The van der Waals surface area contributed by atoms with Crippen molar-refractivity contribution >= 4 is 63.6 Å². The summed E-state index contributed by atoms with van der Waals surface area (Å²) in [5.74, 6) is 1.13. The molecule has 2 aliphatic heterocycles.